The van der Waals surface area contributed by atoms with Crippen LogP contribution in [0.15, 0.2) is 49.0 Å². The van der Waals surface area contributed by atoms with E-state index in [0.29, 0.717) is 51.7 Å². The van der Waals surface area contributed by atoms with Crippen molar-refractivity contribution in [3.8, 4) is 11.1 Å². The molecule has 3 heterocycles. The van der Waals surface area contributed by atoms with Crippen molar-refractivity contribution in [1.82, 2.24) is 9.55 Å². The fraction of sp³-hybridized carbons (Fsp3) is 0.375. The molecule has 33 heavy (non-hydrogen) atoms. The Kier molecular flexibility index (Phi) is 6.48. The molecule has 174 valence electrons. The highest BCUT2D eigenvalue weighted by molar-refractivity contribution is 6.76. The lowest BCUT2D eigenvalue weighted by Crippen LogP contribution is -2.35. The fourth-order valence-electron chi connectivity index (χ4n) is 3.68. The Labute approximate surface area is 200 Å². The molecule has 0 atom stereocenters. The third-order valence-corrected chi connectivity index (χ3v) is 7.93. The molecule has 1 aliphatic heterocycles. The van der Waals surface area contributed by atoms with Crippen LogP contribution in [0.25, 0.3) is 22.2 Å². The maximum Gasteiger partial charge on any atom is 0.566 e. The summed E-state index contributed by atoms with van der Waals surface area (Å²) in [6, 6.07) is 7.69. The van der Waals surface area contributed by atoms with E-state index >= 15 is 0 Å². The number of nitrogens with zero attached hydrogens (tertiary/aromatic N) is 2. The molecule has 0 N–H and O–H groups in total. The van der Waals surface area contributed by atoms with Crippen LogP contribution in [0.3, 0.4) is 0 Å². The number of halogens is 2. The monoisotopic (exact) mass is 486 g/mol. The molecule has 1 fully saturated rings. The Morgan fingerprint density at radius 2 is 1.97 bits per heavy atom. The average Bonchev–Trinajstić information content (AvgIpc) is 3.22. The minimum atomic E-state index is -1.21. The van der Waals surface area contributed by atoms with Crippen LogP contribution in [0, 0.1) is 5.82 Å². The third kappa shape index (κ3) is 4.89. The Bertz CT molecular complexity index is 1210. The fourth-order valence-corrected chi connectivity index (χ4v) is 4.76. The lowest BCUT2D eigenvalue weighted by molar-refractivity contribution is 0.0899. The zero-order valence-electron chi connectivity index (χ0n) is 19.7. The number of benzene rings is 1. The number of aromatic nitrogens is 2. The number of hydrogen-bond acceptors (Lipinski definition) is 4. The van der Waals surface area contributed by atoms with Crippen molar-refractivity contribution in [2.24, 2.45) is 0 Å². The molecular weight excluding hydrogens is 458 g/mol. The Balaban J connectivity index is 1.77. The number of rotatable bonds is 7. The quantitative estimate of drug-likeness (QED) is 0.311. The summed E-state index contributed by atoms with van der Waals surface area (Å²) in [4.78, 5) is 4.66. The predicted molar refractivity (Wildman–Crippen MR) is 135 cm³/mol. The Morgan fingerprint density at radius 1 is 1.24 bits per heavy atom. The summed E-state index contributed by atoms with van der Waals surface area (Å²) >= 11 is 6.90. The van der Waals surface area contributed by atoms with Gasteiger partial charge in [-0.3, -0.25) is 0 Å². The molecule has 2 aromatic heterocycles. The lowest BCUT2D eigenvalue weighted by Gasteiger charge is -2.16. The second-order valence-corrected chi connectivity index (χ2v) is 16.1. The molecule has 5 nitrogen and oxygen atoms in total. The van der Waals surface area contributed by atoms with E-state index in [1.165, 1.54) is 6.07 Å². The van der Waals surface area contributed by atoms with Gasteiger partial charge in [0.2, 0.25) is 0 Å². The second-order valence-electron chi connectivity index (χ2n) is 10.1. The van der Waals surface area contributed by atoms with Crippen LogP contribution >= 0.6 is 11.6 Å². The van der Waals surface area contributed by atoms with Crippen LogP contribution < -0.4 is 5.46 Å². The smallest absolute Gasteiger partial charge is 0.534 e. The summed E-state index contributed by atoms with van der Waals surface area (Å²) in [5.74, 6) is 0.187. The average molecular weight is 487 g/mol. The zero-order valence-corrected chi connectivity index (χ0v) is 21.5. The van der Waals surface area contributed by atoms with Crippen LogP contribution in [0.2, 0.25) is 30.7 Å². The van der Waals surface area contributed by atoms with Crippen molar-refractivity contribution in [3.05, 3.63) is 59.8 Å². The highest BCUT2D eigenvalue weighted by Crippen LogP contribution is 2.37. The van der Waals surface area contributed by atoms with E-state index in [1.807, 2.05) is 24.6 Å². The van der Waals surface area contributed by atoms with Crippen LogP contribution in [-0.2, 0) is 20.8 Å². The molecule has 0 radical (unpaired) electrons. The van der Waals surface area contributed by atoms with E-state index in [-0.39, 0.29) is 5.82 Å². The molecule has 1 saturated heterocycles. The van der Waals surface area contributed by atoms with Gasteiger partial charge in [-0.2, -0.15) is 0 Å². The zero-order chi connectivity index (χ0) is 24.0. The standard InChI is InChI=1S/C24H29BClFN2O3Si/c1-16-24(2,3)32-25(31-16)19-13-28-23-21(22(19)26)18(17-9-7-8-10-20(17)27)14-29(23)15-30-11-12-33(4,5)6/h7-10,13-14H,1,11-12,15H2,2-6H3. The van der Waals surface area contributed by atoms with E-state index in [2.05, 4.69) is 31.2 Å². The van der Waals surface area contributed by atoms with Gasteiger partial charge in [0.25, 0.3) is 0 Å². The van der Waals surface area contributed by atoms with E-state index in [9.17, 15) is 4.39 Å². The van der Waals surface area contributed by atoms with Gasteiger partial charge in [0.05, 0.1) is 10.8 Å². The van der Waals surface area contributed by atoms with E-state index in [4.69, 9.17) is 25.6 Å². The largest absolute Gasteiger partial charge is 0.566 e. The summed E-state index contributed by atoms with van der Waals surface area (Å²) in [5.41, 5.74) is 1.64. The molecule has 0 aliphatic carbocycles. The summed E-state index contributed by atoms with van der Waals surface area (Å²) in [6.45, 7) is 15.6. The van der Waals surface area contributed by atoms with Crippen molar-refractivity contribution in [1.29, 1.82) is 0 Å². The SMILES string of the molecule is C=C1OB(c2cnc3c(c(-c4ccccc4F)cn3COCC[Si](C)(C)C)c2Cl)OC1(C)C. The molecule has 0 amide bonds. The van der Waals surface area contributed by atoms with Crippen LogP contribution in [0.4, 0.5) is 4.39 Å². The number of fused-ring (bicyclic) bond motifs is 1. The van der Waals surface area contributed by atoms with Gasteiger partial charge < -0.3 is 18.6 Å². The Hall–Kier alpha value is -2.13. The molecule has 1 aliphatic rings. The van der Waals surface area contributed by atoms with Gasteiger partial charge in [-0.25, -0.2) is 9.37 Å². The second kappa shape index (κ2) is 8.91. The van der Waals surface area contributed by atoms with Gasteiger partial charge in [-0.1, -0.05) is 56.0 Å². The number of ether oxygens (including phenoxy) is 1. The number of pyridine rings is 1. The minimum Gasteiger partial charge on any atom is -0.534 e. The summed E-state index contributed by atoms with van der Waals surface area (Å²) < 4.78 is 34.5. The van der Waals surface area contributed by atoms with Gasteiger partial charge in [-0.15, -0.1) is 0 Å². The summed E-state index contributed by atoms with van der Waals surface area (Å²) in [5, 5.41) is 1.05. The molecule has 0 bridgehead atoms. The van der Waals surface area contributed by atoms with Crippen LogP contribution in [0.1, 0.15) is 13.8 Å². The highest BCUT2D eigenvalue weighted by Gasteiger charge is 2.44. The van der Waals surface area contributed by atoms with Gasteiger partial charge in [-0.05, 0) is 26.0 Å². The molecule has 0 saturated carbocycles. The summed E-state index contributed by atoms with van der Waals surface area (Å²) in [6.07, 6.45) is 3.49. The number of hydrogen-bond donors (Lipinski definition) is 0. The first kappa shape index (κ1) is 24.0. The first-order valence-corrected chi connectivity index (χ1v) is 15.1. The van der Waals surface area contributed by atoms with Crippen molar-refractivity contribution in [2.75, 3.05) is 6.61 Å². The Morgan fingerprint density at radius 3 is 2.61 bits per heavy atom. The lowest BCUT2D eigenvalue weighted by atomic mass is 9.79. The molecule has 1 aromatic carbocycles. The third-order valence-electron chi connectivity index (χ3n) is 5.82. The van der Waals surface area contributed by atoms with Crippen molar-refractivity contribution < 1.29 is 18.4 Å². The maximum atomic E-state index is 14.8. The van der Waals surface area contributed by atoms with Crippen LogP contribution in [-0.4, -0.2) is 37.0 Å². The van der Waals surface area contributed by atoms with Crippen molar-refractivity contribution in [2.45, 2.75) is 51.9 Å². The molecular formula is C24H29BClFN2O3Si. The van der Waals surface area contributed by atoms with Crippen LogP contribution in [0.5, 0.6) is 0 Å². The van der Waals surface area contributed by atoms with Gasteiger partial charge in [0, 0.05) is 49.1 Å². The molecule has 4 rings (SSSR count). The minimum absolute atomic E-state index is 0.304. The maximum absolute atomic E-state index is 14.8. The normalized spacial score (nSPS) is 16.0. The van der Waals surface area contributed by atoms with Gasteiger partial charge in [0.1, 0.15) is 23.8 Å². The van der Waals surface area contributed by atoms with Gasteiger partial charge in [0.15, 0.2) is 0 Å². The van der Waals surface area contributed by atoms with Crippen molar-refractivity contribution >= 4 is 43.3 Å². The first-order chi connectivity index (χ1) is 15.5. The van der Waals surface area contributed by atoms with Crippen molar-refractivity contribution in [3.63, 3.8) is 0 Å². The van der Waals surface area contributed by atoms with E-state index in [1.54, 1.807) is 24.4 Å². The molecule has 0 unspecified atom stereocenters. The topological polar surface area (TPSA) is 45.5 Å². The molecule has 9 heteroatoms. The van der Waals surface area contributed by atoms with E-state index in [0.717, 1.165) is 6.04 Å². The highest BCUT2D eigenvalue weighted by atomic mass is 35.5. The summed E-state index contributed by atoms with van der Waals surface area (Å²) in [7, 11) is -1.94. The van der Waals surface area contributed by atoms with E-state index < -0.39 is 20.8 Å². The van der Waals surface area contributed by atoms with Gasteiger partial charge >= 0.3 is 7.12 Å². The molecule has 0 spiro atoms. The first-order valence-electron chi connectivity index (χ1n) is 11.0. The predicted octanol–water partition coefficient (Wildman–Crippen LogP) is 5.84. The molecule has 3 aromatic rings.